The van der Waals surface area contributed by atoms with Gasteiger partial charge < -0.3 is 0 Å². The van der Waals surface area contributed by atoms with E-state index in [-0.39, 0.29) is 0 Å². The van der Waals surface area contributed by atoms with Crippen LogP contribution in [0.15, 0.2) is 66.7 Å². The van der Waals surface area contributed by atoms with E-state index in [9.17, 15) is 0 Å². The van der Waals surface area contributed by atoms with Gasteiger partial charge >= 0.3 is 0 Å². The fourth-order valence-electron chi connectivity index (χ4n) is 4.40. The summed E-state index contributed by atoms with van der Waals surface area (Å²) >= 11 is 0. The molecule has 0 aliphatic heterocycles. The maximum Gasteiger partial charge on any atom is 0.0142 e. The van der Waals surface area contributed by atoms with Gasteiger partial charge in [-0.2, -0.15) is 0 Å². The minimum atomic E-state index is 0.528. The van der Waals surface area contributed by atoms with Crippen LogP contribution in [0.4, 0.5) is 0 Å². The monoisotopic (exact) mass is 282 g/mol. The van der Waals surface area contributed by atoms with Crippen molar-refractivity contribution in [3.8, 4) is 11.1 Å². The van der Waals surface area contributed by atoms with Gasteiger partial charge in [-0.05, 0) is 58.2 Å². The van der Waals surface area contributed by atoms with E-state index in [1.54, 1.807) is 16.7 Å². The molecule has 0 spiro atoms. The Labute approximate surface area is 131 Å². The molecule has 106 valence electrons. The first-order chi connectivity index (χ1) is 10.9. The van der Waals surface area contributed by atoms with Gasteiger partial charge in [0.05, 0.1) is 0 Å². The normalized spacial score (nSPS) is 17.9. The van der Waals surface area contributed by atoms with Crippen LogP contribution in [0.5, 0.6) is 0 Å². The van der Waals surface area contributed by atoms with Gasteiger partial charge in [-0.1, -0.05) is 66.7 Å². The lowest BCUT2D eigenvalue weighted by Crippen LogP contribution is -2.14. The summed E-state index contributed by atoms with van der Waals surface area (Å²) < 4.78 is 0. The van der Waals surface area contributed by atoms with Crippen molar-refractivity contribution < 1.29 is 0 Å². The third-order valence-corrected chi connectivity index (χ3v) is 5.37. The zero-order valence-corrected chi connectivity index (χ0v) is 12.5. The van der Waals surface area contributed by atoms with Gasteiger partial charge in [0.2, 0.25) is 0 Å². The van der Waals surface area contributed by atoms with E-state index in [4.69, 9.17) is 0 Å². The van der Waals surface area contributed by atoms with Crippen LogP contribution >= 0.6 is 0 Å². The number of aryl methyl sites for hydroxylation is 2. The van der Waals surface area contributed by atoms with Crippen molar-refractivity contribution in [2.75, 3.05) is 0 Å². The third-order valence-electron chi connectivity index (χ3n) is 5.37. The van der Waals surface area contributed by atoms with Gasteiger partial charge in [-0.3, -0.25) is 0 Å². The highest BCUT2D eigenvalue weighted by Gasteiger charge is 2.30. The Hall–Kier alpha value is -2.34. The maximum atomic E-state index is 2.35. The van der Waals surface area contributed by atoms with Gasteiger partial charge in [-0.25, -0.2) is 0 Å². The van der Waals surface area contributed by atoms with E-state index in [0.29, 0.717) is 5.92 Å². The Morgan fingerprint density at radius 2 is 1.27 bits per heavy atom. The summed E-state index contributed by atoms with van der Waals surface area (Å²) in [5.74, 6) is 0.528. The van der Waals surface area contributed by atoms with Crippen LogP contribution in [0.25, 0.3) is 11.1 Å². The second-order valence-electron chi connectivity index (χ2n) is 6.49. The highest BCUT2D eigenvalue weighted by molar-refractivity contribution is 5.77. The molecule has 0 saturated heterocycles. The molecule has 3 aromatic carbocycles. The van der Waals surface area contributed by atoms with Crippen molar-refractivity contribution in [1.29, 1.82) is 0 Å². The number of rotatable bonds is 0. The number of fused-ring (bicyclic) bond motifs is 4. The minimum absolute atomic E-state index is 0.528. The van der Waals surface area contributed by atoms with Crippen LogP contribution in [0.3, 0.4) is 0 Å². The molecule has 22 heavy (non-hydrogen) atoms. The van der Waals surface area contributed by atoms with Gasteiger partial charge in [0.25, 0.3) is 0 Å². The highest BCUT2D eigenvalue weighted by atomic mass is 14.3. The van der Waals surface area contributed by atoms with Crippen molar-refractivity contribution in [2.45, 2.75) is 25.2 Å². The number of hydrogen-bond donors (Lipinski definition) is 0. The zero-order valence-electron chi connectivity index (χ0n) is 12.5. The first-order valence-electron chi connectivity index (χ1n) is 8.19. The summed E-state index contributed by atoms with van der Waals surface area (Å²) in [5, 5.41) is 0. The van der Waals surface area contributed by atoms with Crippen molar-refractivity contribution in [2.24, 2.45) is 0 Å². The van der Waals surface area contributed by atoms with E-state index in [1.165, 1.54) is 35.1 Å². The van der Waals surface area contributed by atoms with Crippen LogP contribution in [-0.2, 0) is 19.3 Å². The van der Waals surface area contributed by atoms with E-state index in [1.807, 2.05) is 0 Å². The van der Waals surface area contributed by atoms with Crippen LogP contribution in [0.1, 0.15) is 33.7 Å². The van der Waals surface area contributed by atoms with Crippen LogP contribution in [0, 0.1) is 0 Å². The minimum Gasteiger partial charge on any atom is -0.0620 e. The Balaban J connectivity index is 1.84. The van der Waals surface area contributed by atoms with E-state index >= 15 is 0 Å². The van der Waals surface area contributed by atoms with E-state index in [0.717, 1.165) is 6.42 Å². The molecular weight excluding hydrogens is 264 g/mol. The lowest BCUT2D eigenvalue weighted by atomic mass is 9.74. The maximum absolute atomic E-state index is 2.35. The molecule has 0 aromatic heterocycles. The molecule has 2 aliphatic rings. The molecule has 0 nitrogen and oxygen atoms in total. The molecular formula is C22H18. The summed E-state index contributed by atoms with van der Waals surface area (Å²) in [5.41, 5.74) is 10.6. The SMILES string of the molecule is c1ccc2c(c1)CC1c3ccccc3CCc3cccc-2c31. The molecule has 0 heterocycles. The van der Waals surface area contributed by atoms with Gasteiger partial charge in [-0.15, -0.1) is 0 Å². The lowest BCUT2D eigenvalue weighted by Gasteiger charge is -2.29. The first kappa shape index (κ1) is 12.2. The molecule has 5 rings (SSSR count). The summed E-state index contributed by atoms with van der Waals surface area (Å²) in [4.78, 5) is 0. The molecule has 0 radical (unpaired) electrons. The molecule has 3 aromatic rings. The average Bonchev–Trinajstić information content (AvgIpc) is 2.74. The summed E-state index contributed by atoms with van der Waals surface area (Å²) in [6.07, 6.45) is 3.47. The molecule has 1 atom stereocenters. The molecule has 2 aliphatic carbocycles. The summed E-state index contributed by atoms with van der Waals surface area (Å²) in [6, 6.07) is 24.9. The van der Waals surface area contributed by atoms with Crippen molar-refractivity contribution in [3.05, 3.63) is 94.5 Å². The number of benzene rings is 3. The van der Waals surface area contributed by atoms with Gasteiger partial charge in [0.1, 0.15) is 0 Å². The first-order valence-corrected chi connectivity index (χ1v) is 8.19. The van der Waals surface area contributed by atoms with Crippen molar-refractivity contribution >= 4 is 0 Å². The molecule has 1 unspecified atom stereocenters. The van der Waals surface area contributed by atoms with Crippen LogP contribution < -0.4 is 0 Å². The summed E-state index contributed by atoms with van der Waals surface area (Å²) in [6.45, 7) is 0. The van der Waals surface area contributed by atoms with Crippen LogP contribution in [-0.4, -0.2) is 0 Å². The lowest BCUT2D eigenvalue weighted by molar-refractivity contribution is 0.788. The average molecular weight is 282 g/mol. The molecule has 0 bridgehead atoms. The molecule has 0 heteroatoms. The van der Waals surface area contributed by atoms with Crippen LogP contribution in [0.2, 0.25) is 0 Å². The Morgan fingerprint density at radius 1 is 0.591 bits per heavy atom. The Morgan fingerprint density at radius 3 is 2.23 bits per heavy atom. The predicted octanol–water partition coefficient (Wildman–Crippen LogP) is 5.14. The molecule has 0 amide bonds. The largest absolute Gasteiger partial charge is 0.0620 e. The zero-order chi connectivity index (χ0) is 14.5. The highest BCUT2D eigenvalue weighted by Crippen LogP contribution is 2.46. The Kier molecular flexibility index (Phi) is 2.54. The predicted molar refractivity (Wildman–Crippen MR) is 91.3 cm³/mol. The fourth-order valence-corrected chi connectivity index (χ4v) is 4.40. The fraction of sp³-hybridized carbons (Fsp3) is 0.182. The third kappa shape index (κ3) is 1.64. The molecule has 0 saturated carbocycles. The topological polar surface area (TPSA) is 0 Å². The van der Waals surface area contributed by atoms with E-state index < -0.39 is 0 Å². The second-order valence-corrected chi connectivity index (χ2v) is 6.49. The van der Waals surface area contributed by atoms with E-state index in [2.05, 4.69) is 66.7 Å². The quantitative estimate of drug-likeness (QED) is 0.535. The Bertz CT molecular complexity index is 873. The molecule has 0 fully saturated rings. The summed E-state index contributed by atoms with van der Waals surface area (Å²) in [7, 11) is 0. The standard InChI is InChI=1S/C22H18/c1-3-9-18-15(6-1)12-13-16-8-5-11-20-19-10-4-2-7-17(19)14-21(18)22(16)20/h1-11,21H,12-14H2. The van der Waals surface area contributed by atoms with Gasteiger partial charge in [0.15, 0.2) is 0 Å². The van der Waals surface area contributed by atoms with Crippen molar-refractivity contribution in [1.82, 2.24) is 0 Å². The van der Waals surface area contributed by atoms with Gasteiger partial charge in [0, 0.05) is 5.92 Å². The van der Waals surface area contributed by atoms with Crippen molar-refractivity contribution in [3.63, 3.8) is 0 Å². The number of hydrogen-bond acceptors (Lipinski definition) is 0. The second kappa shape index (κ2) is 4.58. The molecule has 0 N–H and O–H groups in total. The smallest absolute Gasteiger partial charge is 0.0142 e.